The highest BCUT2D eigenvalue weighted by atomic mass is 16.5. The highest BCUT2D eigenvalue weighted by molar-refractivity contribution is 5.97. The van der Waals surface area contributed by atoms with E-state index in [1.807, 2.05) is 19.1 Å². The largest absolute Gasteiger partial charge is 0.384 e. The number of methoxy groups -OCH3 is 1. The van der Waals surface area contributed by atoms with Crippen molar-refractivity contribution in [1.29, 1.82) is 0 Å². The van der Waals surface area contributed by atoms with Gasteiger partial charge in [-0.2, -0.15) is 0 Å². The van der Waals surface area contributed by atoms with E-state index in [1.54, 1.807) is 18.1 Å². The van der Waals surface area contributed by atoms with Gasteiger partial charge in [0.1, 0.15) is 6.61 Å². The summed E-state index contributed by atoms with van der Waals surface area (Å²) in [5.41, 5.74) is 2.30. The number of carbonyl (C=O) groups excluding carboxylic acids is 1. The second-order valence-electron chi connectivity index (χ2n) is 4.91. The van der Waals surface area contributed by atoms with Crippen LogP contribution >= 0.6 is 0 Å². The van der Waals surface area contributed by atoms with E-state index in [2.05, 4.69) is 11.8 Å². The molecule has 0 aliphatic carbocycles. The predicted octanol–water partition coefficient (Wildman–Crippen LogP) is 1.20. The van der Waals surface area contributed by atoms with Gasteiger partial charge in [-0.15, -0.1) is 0 Å². The molecule has 4 heteroatoms. The zero-order valence-corrected chi connectivity index (χ0v) is 11.8. The quantitative estimate of drug-likeness (QED) is 0.824. The molecule has 2 rings (SSSR count). The molecule has 4 nitrogen and oxygen atoms in total. The van der Waals surface area contributed by atoms with E-state index >= 15 is 0 Å². The summed E-state index contributed by atoms with van der Waals surface area (Å²) in [6.45, 7) is 3.07. The molecular formula is C16H19NO3. The molecule has 1 saturated heterocycles. The van der Waals surface area contributed by atoms with Crippen LogP contribution in [0.3, 0.4) is 0 Å². The first kappa shape index (κ1) is 14.6. The van der Waals surface area contributed by atoms with Crippen molar-refractivity contribution in [3.8, 4) is 11.8 Å². The number of carbonyl (C=O) groups is 1. The summed E-state index contributed by atoms with van der Waals surface area (Å²) in [6.07, 6.45) is 0.988. The molecule has 1 fully saturated rings. The van der Waals surface area contributed by atoms with Crippen LogP contribution in [0.15, 0.2) is 18.2 Å². The van der Waals surface area contributed by atoms with Crippen LogP contribution in [-0.4, -0.2) is 48.8 Å². The Bertz CT molecular complexity index is 557. The third-order valence-corrected chi connectivity index (χ3v) is 3.47. The second kappa shape index (κ2) is 6.56. The van der Waals surface area contributed by atoms with Crippen molar-refractivity contribution in [2.24, 2.45) is 0 Å². The number of amides is 1. The number of ether oxygens (including phenoxy) is 1. The lowest BCUT2D eigenvalue weighted by molar-refractivity contribution is 0.0724. The van der Waals surface area contributed by atoms with Crippen molar-refractivity contribution in [3.63, 3.8) is 0 Å². The number of nitrogens with zero attached hydrogens (tertiary/aromatic N) is 1. The minimum absolute atomic E-state index is 0.0215. The van der Waals surface area contributed by atoms with E-state index < -0.39 is 0 Å². The predicted molar refractivity (Wildman–Crippen MR) is 76.5 cm³/mol. The number of aryl methyl sites for hydroxylation is 1. The molecule has 0 radical (unpaired) electrons. The fourth-order valence-corrected chi connectivity index (χ4v) is 2.36. The Balaban J connectivity index is 2.25. The molecule has 106 valence electrons. The van der Waals surface area contributed by atoms with Gasteiger partial charge in [0, 0.05) is 25.8 Å². The van der Waals surface area contributed by atoms with Gasteiger partial charge in [-0.05, 0) is 31.0 Å². The molecule has 1 atom stereocenters. The molecule has 20 heavy (non-hydrogen) atoms. The van der Waals surface area contributed by atoms with Gasteiger partial charge >= 0.3 is 0 Å². The molecule has 0 spiro atoms. The van der Waals surface area contributed by atoms with Crippen molar-refractivity contribution < 1.29 is 14.6 Å². The lowest BCUT2D eigenvalue weighted by Gasteiger charge is -2.17. The fraction of sp³-hybridized carbons (Fsp3) is 0.438. The minimum Gasteiger partial charge on any atom is -0.384 e. The summed E-state index contributed by atoms with van der Waals surface area (Å²) in [4.78, 5) is 14.3. The fourth-order valence-electron chi connectivity index (χ4n) is 2.36. The van der Waals surface area contributed by atoms with Crippen molar-refractivity contribution in [2.75, 3.05) is 26.8 Å². The van der Waals surface area contributed by atoms with E-state index in [-0.39, 0.29) is 18.6 Å². The van der Waals surface area contributed by atoms with Crippen LogP contribution in [0, 0.1) is 18.8 Å². The lowest BCUT2D eigenvalue weighted by atomic mass is 10.0. The van der Waals surface area contributed by atoms with E-state index in [9.17, 15) is 4.79 Å². The van der Waals surface area contributed by atoms with Gasteiger partial charge in [0.05, 0.1) is 11.7 Å². The monoisotopic (exact) mass is 273 g/mol. The van der Waals surface area contributed by atoms with E-state index in [4.69, 9.17) is 9.84 Å². The highest BCUT2D eigenvalue weighted by Crippen LogP contribution is 2.18. The third kappa shape index (κ3) is 3.19. The number of hydrogen-bond acceptors (Lipinski definition) is 3. The summed E-state index contributed by atoms with van der Waals surface area (Å²) in [5, 5.41) is 8.82. The molecule has 1 aliphatic heterocycles. The lowest BCUT2D eigenvalue weighted by Crippen LogP contribution is -2.30. The van der Waals surface area contributed by atoms with Crippen LogP contribution in [0.5, 0.6) is 0 Å². The number of aliphatic hydroxyl groups excluding tert-OH is 1. The van der Waals surface area contributed by atoms with Gasteiger partial charge in [-0.25, -0.2) is 0 Å². The standard InChI is InChI=1S/C16H19NO3/c1-12-5-6-15(13(10-12)4-3-9-18)16(19)17-8-7-14(11-17)20-2/h5-6,10,14,18H,7-9,11H2,1-2H3. The molecule has 1 aromatic carbocycles. The van der Waals surface area contributed by atoms with E-state index in [0.717, 1.165) is 12.0 Å². The molecule has 1 N–H and O–H groups in total. The molecule has 1 heterocycles. The number of aliphatic hydroxyl groups is 1. The molecule has 1 aliphatic rings. The van der Waals surface area contributed by atoms with Gasteiger partial charge in [0.25, 0.3) is 5.91 Å². The van der Waals surface area contributed by atoms with E-state index in [0.29, 0.717) is 24.2 Å². The number of hydrogen-bond donors (Lipinski definition) is 1. The Hall–Kier alpha value is -1.83. The third-order valence-electron chi connectivity index (χ3n) is 3.47. The van der Waals surface area contributed by atoms with Crippen LogP contribution in [-0.2, 0) is 4.74 Å². The Labute approximate surface area is 119 Å². The Morgan fingerprint density at radius 2 is 2.35 bits per heavy atom. The first-order valence-electron chi connectivity index (χ1n) is 6.68. The van der Waals surface area contributed by atoms with Gasteiger partial charge in [0.2, 0.25) is 0 Å². The van der Waals surface area contributed by atoms with Crippen molar-refractivity contribution in [1.82, 2.24) is 4.90 Å². The topological polar surface area (TPSA) is 49.8 Å². The Morgan fingerprint density at radius 1 is 1.55 bits per heavy atom. The van der Waals surface area contributed by atoms with Crippen molar-refractivity contribution in [2.45, 2.75) is 19.4 Å². The van der Waals surface area contributed by atoms with Crippen LogP contribution in [0.2, 0.25) is 0 Å². The van der Waals surface area contributed by atoms with Gasteiger partial charge in [-0.3, -0.25) is 4.79 Å². The van der Waals surface area contributed by atoms with Gasteiger partial charge < -0.3 is 14.7 Å². The summed E-state index contributed by atoms with van der Waals surface area (Å²) >= 11 is 0. The van der Waals surface area contributed by atoms with Crippen LogP contribution in [0.1, 0.15) is 27.9 Å². The number of benzene rings is 1. The highest BCUT2D eigenvalue weighted by Gasteiger charge is 2.27. The molecule has 0 aromatic heterocycles. The van der Waals surface area contributed by atoms with Gasteiger partial charge in [-0.1, -0.05) is 17.9 Å². The zero-order valence-electron chi connectivity index (χ0n) is 11.8. The number of rotatable bonds is 2. The molecular weight excluding hydrogens is 254 g/mol. The summed E-state index contributed by atoms with van der Waals surface area (Å²) < 4.78 is 5.29. The first-order chi connectivity index (χ1) is 9.65. The summed E-state index contributed by atoms with van der Waals surface area (Å²) in [5.74, 6) is 5.44. The average Bonchev–Trinajstić information content (AvgIpc) is 2.93. The molecule has 1 aromatic rings. The Kier molecular flexibility index (Phi) is 4.78. The Morgan fingerprint density at radius 3 is 3.00 bits per heavy atom. The van der Waals surface area contributed by atoms with E-state index in [1.165, 1.54) is 0 Å². The van der Waals surface area contributed by atoms with Crippen LogP contribution < -0.4 is 0 Å². The van der Waals surface area contributed by atoms with Crippen molar-refractivity contribution >= 4 is 5.91 Å². The first-order valence-corrected chi connectivity index (χ1v) is 6.68. The minimum atomic E-state index is -0.211. The molecule has 0 bridgehead atoms. The smallest absolute Gasteiger partial charge is 0.255 e. The average molecular weight is 273 g/mol. The van der Waals surface area contributed by atoms with Crippen LogP contribution in [0.25, 0.3) is 0 Å². The molecule has 0 saturated carbocycles. The molecule has 1 amide bonds. The summed E-state index contributed by atoms with van der Waals surface area (Å²) in [7, 11) is 1.67. The SMILES string of the molecule is COC1CCN(C(=O)c2ccc(C)cc2C#CCO)C1. The zero-order chi connectivity index (χ0) is 14.5. The summed E-state index contributed by atoms with van der Waals surface area (Å²) in [6, 6.07) is 5.58. The van der Waals surface area contributed by atoms with Crippen molar-refractivity contribution in [3.05, 3.63) is 34.9 Å². The maximum Gasteiger partial charge on any atom is 0.255 e. The molecule has 1 unspecified atom stereocenters. The maximum absolute atomic E-state index is 12.5. The maximum atomic E-state index is 12.5. The normalized spacial score (nSPS) is 17.8. The van der Waals surface area contributed by atoms with Crippen LogP contribution in [0.4, 0.5) is 0 Å². The second-order valence-corrected chi connectivity index (χ2v) is 4.91. The van der Waals surface area contributed by atoms with Gasteiger partial charge in [0.15, 0.2) is 0 Å². The number of likely N-dealkylation sites (tertiary alicyclic amines) is 1.